The van der Waals surface area contributed by atoms with Gasteiger partial charge >= 0.3 is 0 Å². The minimum absolute atomic E-state index is 0.519. The lowest BCUT2D eigenvalue weighted by atomic mass is 10.1. The number of thiophene rings is 2. The van der Waals surface area contributed by atoms with Crippen LogP contribution in [-0.4, -0.2) is 0 Å². The van der Waals surface area contributed by atoms with Crippen molar-refractivity contribution in [1.82, 2.24) is 0 Å². The molecule has 0 bridgehead atoms. The molecule has 132 valence electrons. The van der Waals surface area contributed by atoms with Crippen LogP contribution < -0.4 is 0 Å². The lowest BCUT2D eigenvalue weighted by molar-refractivity contribution is 0.487. The van der Waals surface area contributed by atoms with Crippen LogP contribution in [0.25, 0.3) is 0 Å². The van der Waals surface area contributed by atoms with E-state index in [0.29, 0.717) is 17.8 Å². The smallest absolute Gasteiger partial charge is 0.106 e. The van der Waals surface area contributed by atoms with Gasteiger partial charge in [-0.3, -0.25) is 0 Å². The third kappa shape index (κ3) is 7.98. The van der Waals surface area contributed by atoms with Crippen LogP contribution in [0.4, 0.5) is 0 Å². The van der Waals surface area contributed by atoms with Crippen LogP contribution >= 0.6 is 22.7 Å². The van der Waals surface area contributed by atoms with Gasteiger partial charge in [-0.1, -0.05) is 47.6 Å². The van der Waals surface area contributed by atoms with E-state index >= 15 is 0 Å². The van der Waals surface area contributed by atoms with Gasteiger partial charge in [-0.15, -0.1) is 11.3 Å². The predicted octanol–water partition coefficient (Wildman–Crippen LogP) is 8.15. The minimum Gasteiger partial charge on any atom is -0.469 e. The van der Waals surface area contributed by atoms with Gasteiger partial charge in [0.05, 0.1) is 6.26 Å². The van der Waals surface area contributed by atoms with Crippen molar-refractivity contribution in [2.24, 2.45) is 0 Å². The molecule has 24 heavy (non-hydrogen) atoms. The molecule has 0 aliphatic carbocycles. The molecule has 3 aromatic heterocycles. The number of hydrogen-bond donors (Lipinski definition) is 0. The maximum Gasteiger partial charge on any atom is 0.106 e. The summed E-state index contributed by atoms with van der Waals surface area (Å²) >= 11 is 3.60. The van der Waals surface area contributed by atoms with Gasteiger partial charge in [0.1, 0.15) is 5.76 Å². The van der Waals surface area contributed by atoms with Crippen LogP contribution in [0.1, 0.15) is 75.5 Å². The van der Waals surface area contributed by atoms with Crippen molar-refractivity contribution in [2.75, 3.05) is 0 Å². The van der Waals surface area contributed by atoms with E-state index in [0.717, 1.165) is 5.76 Å². The SMILES string of the molecule is CC(C)c1ccco1.CC(C)c1cccs1.CC(C)c1ccsc1. The molecule has 0 radical (unpaired) electrons. The van der Waals surface area contributed by atoms with Gasteiger partial charge in [0.15, 0.2) is 0 Å². The van der Waals surface area contributed by atoms with E-state index in [4.69, 9.17) is 4.42 Å². The minimum atomic E-state index is 0.519. The first kappa shape index (κ1) is 20.7. The van der Waals surface area contributed by atoms with Crippen LogP contribution in [0.2, 0.25) is 0 Å². The molecule has 0 aliphatic rings. The van der Waals surface area contributed by atoms with Gasteiger partial charge in [0.25, 0.3) is 0 Å². The largest absolute Gasteiger partial charge is 0.469 e. The Morgan fingerprint density at radius 2 is 1.54 bits per heavy atom. The molecule has 3 heteroatoms. The molecule has 3 aromatic rings. The molecule has 0 atom stereocenters. The molecule has 0 spiro atoms. The molecule has 3 heterocycles. The zero-order valence-corrected chi connectivity index (χ0v) is 17.3. The molecule has 0 saturated heterocycles. The first-order valence-electron chi connectivity index (χ1n) is 8.50. The number of hydrogen-bond acceptors (Lipinski definition) is 3. The summed E-state index contributed by atoms with van der Waals surface area (Å²) in [6.07, 6.45) is 1.70. The predicted molar refractivity (Wildman–Crippen MR) is 110 cm³/mol. The van der Waals surface area contributed by atoms with E-state index in [1.165, 1.54) is 10.4 Å². The van der Waals surface area contributed by atoms with E-state index in [1.807, 2.05) is 23.5 Å². The first-order valence-corrected chi connectivity index (χ1v) is 10.3. The van der Waals surface area contributed by atoms with Crippen molar-refractivity contribution >= 4 is 22.7 Å². The number of furan rings is 1. The Kier molecular flexibility index (Phi) is 9.73. The van der Waals surface area contributed by atoms with Gasteiger partial charge in [0.2, 0.25) is 0 Å². The van der Waals surface area contributed by atoms with Crippen LogP contribution in [0.3, 0.4) is 0 Å². The molecule has 0 fully saturated rings. The van der Waals surface area contributed by atoms with E-state index in [2.05, 4.69) is 75.9 Å². The first-order chi connectivity index (χ1) is 11.4. The summed E-state index contributed by atoms with van der Waals surface area (Å²) in [4.78, 5) is 1.48. The molecular weight excluding hydrogens is 332 g/mol. The summed E-state index contributed by atoms with van der Waals surface area (Å²) in [6, 6.07) is 10.4. The average Bonchev–Trinajstić information content (AvgIpc) is 3.29. The van der Waals surface area contributed by atoms with E-state index in [1.54, 1.807) is 17.6 Å². The summed E-state index contributed by atoms with van der Waals surface area (Å²) in [5.74, 6) is 2.98. The Morgan fingerprint density at radius 3 is 1.79 bits per heavy atom. The molecule has 0 amide bonds. The van der Waals surface area contributed by atoms with Crippen LogP contribution in [0, 0.1) is 0 Å². The zero-order chi connectivity index (χ0) is 17.9. The highest BCUT2D eigenvalue weighted by Gasteiger charge is 1.98. The van der Waals surface area contributed by atoms with Crippen molar-refractivity contribution in [2.45, 2.75) is 59.3 Å². The fourth-order valence-corrected chi connectivity index (χ4v) is 3.41. The summed E-state index contributed by atoms with van der Waals surface area (Å²) in [7, 11) is 0. The van der Waals surface area contributed by atoms with Gasteiger partial charge in [-0.25, -0.2) is 0 Å². The topological polar surface area (TPSA) is 13.1 Å². The highest BCUT2D eigenvalue weighted by molar-refractivity contribution is 7.10. The second-order valence-electron chi connectivity index (χ2n) is 6.55. The Morgan fingerprint density at radius 1 is 0.792 bits per heavy atom. The Labute approximate surface area is 155 Å². The van der Waals surface area contributed by atoms with Crippen molar-refractivity contribution < 1.29 is 4.42 Å². The lowest BCUT2D eigenvalue weighted by Gasteiger charge is -1.96. The average molecular weight is 363 g/mol. The van der Waals surface area contributed by atoms with Crippen molar-refractivity contribution in [3.05, 3.63) is 68.9 Å². The van der Waals surface area contributed by atoms with Crippen molar-refractivity contribution in [3.8, 4) is 0 Å². The van der Waals surface area contributed by atoms with E-state index in [9.17, 15) is 0 Å². The lowest BCUT2D eigenvalue weighted by Crippen LogP contribution is -1.79. The third-order valence-corrected chi connectivity index (χ3v) is 5.31. The van der Waals surface area contributed by atoms with Gasteiger partial charge in [-0.05, 0) is 57.8 Å². The summed E-state index contributed by atoms with van der Waals surface area (Å²) < 4.78 is 5.09. The summed E-state index contributed by atoms with van der Waals surface area (Å²) in [5.41, 5.74) is 1.45. The maximum absolute atomic E-state index is 5.09. The second-order valence-corrected chi connectivity index (χ2v) is 8.31. The Hall–Kier alpha value is -1.32. The van der Waals surface area contributed by atoms with Gasteiger partial charge in [0, 0.05) is 10.8 Å². The second kappa shape index (κ2) is 11.3. The quantitative estimate of drug-likeness (QED) is 0.458. The van der Waals surface area contributed by atoms with Crippen LogP contribution in [0.5, 0.6) is 0 Å². The standard InChI is InChI=1S/C7H10O.2C7H10S/c1-6(2)7-4-3-5-8-7;1-6(2)7-3-4-8-5-7;1-6(2)7-4-3-5-8-7/h3*3-6H,1-2H3. The molecule has 0 unspecified atom stereocenters. The molecule has 1 nitrogen and oxygen atoms in total. The maximum atomic E-state index is 5.09. The summed E-state index contributed by atoms with van der Waals surface area (Å²) in [5, 5.41) is 6.44. The monoisotopic (exact) mass is 362 g/mol. The normalized spacial score (nSPS) is 10.4. The summed E-state index contributed by atoms with van der Waals surface area (Å²) in [6.45, 7) is 13.1. The van der Waals surface area contributed by atoms with Crippen LogP contribution in [-0.2, 0) is 0 Å². The highest BCUT2D eigenvalue weighted by Crippen LogP contribution is 2.19. The third-order valence-electron chi connectivity index (χ3n) is 3.43. The fourth-order valence-electron chi connectivity index (χ4n) is 1.84. The fraction of sp³-hybridized carbons (Fsp3) is 0.429. The molecule has 3 rings (SSSR count). The Balaban J connectivity index is 0.000000180. The van der Waals surface area contributed by atoms with Gasteiger partial charge in [-0.2, -0.15) is 11.3 Å². The highest BCUT2D eigenvalue weighted by atomic mass is 32.1. The molecule has 0 aliphatic heterocycles. The van der Waals surface area contributed by atoms with Crippen molar-refractivity contribution in [1.29, 1.82) is 0 Å². The van der Waals surface area contributed by atoms with Crippen molar-refractivity contribution in [3.63, 3.8) is 0 Å². The van der Waals surface area contributed by atoms with Gasteiger partial charge < -0.3 is 4.42 Å². The van der Waals surface area contributed by atoms with Crippen LogP contribution in [0.15, 0.2) is 57.2 Å². The molecule has 0 saturated carbocycles. The van der Waals surface area contributed by atoms with E-state index in [-0.39, 0.29) is 0 Å². The zero-order valence-electron chi connectivity index (χ0n) is 15.7. The Bertz CT molecular complexity index is 512. The number of rotatable bonds is 3. The molecule has 0 aromatic carbocycles. The molecule has 0 N–H and O–H groups in total. The molecular formula is C21H30OS2. The van der Waals surface area contributed by atoms with E-state index < -0.39 is 0 Å².